The molecule has 0 aliphatic rings. The summed E-state index contributed by atoms with van der Waals surface area (Å²) >= 11 is 3.29. The third-order valence-electron chi connectivity index (χ3n) is 3.05. The summed E-state index contributed by atoms with van der Waals surface area (Å²) in [5.74, 6) is 0.0391. The predicted octanol–water partition coefficient (Wildman–Crippen LogP) is 2.13. The number of hydrogen-bond donors (Lipinski definition) is 2. The topological polar surface area (TPSA) is 88.7 Å². The van der Waals surface area contributed by atoms with E-state index in [4.69, 9.17) is 4.74 Å². The first kappa shape index (κ1) is 17.0. The van der Waals surface area contributed by atoms with E-state index >= 15 is 0 Å². The summed E-state index contributed by atoms with van der Waals surface area (Å²) in [4.78, 5) is 11.8. The first-order valence-electron chi connectivity index (χ1n) is 6.80. The molecule has 1 aromatic carbocycles. The van der Waals surface area contributed by atoms with Crippen molar-refractivity contribution in [3.05, 3.63) is 39.6 Å². The zero-order valence-corrected chi connectivity index (χ0v) is 14.6. The molecular formula is C15H17BrN4O3. The number of aromatic nitrogens is 2. The third-order valence-corrected chi connectivity index (χ3v) is 3.64. The molecule has 1 amide bonds. The van der Waals surface area contributed by atoms with Gasteiger partial charge in [-0.15, -0.1) is 0 Å². The average molecular weight is 381 g/mol. The number of ether oxygens (including phenoxy) is 1. The Kier molecular flexibility index (Phi) is 5.38. The van der Waals surface area contributed by atoms with Crippen LogP contribution >= 0.6 is 15.9 Å². The molecule has 0 bridgehead atoms. The summed E-state index contributed by atoms with van der Waals surface area (Å²) < 4.78 is 7.23. The van der Waals surface area contributed by atoms with Crippen LogP contribution in [0.25, 0.3) is 0 Å². The maximum absolute atomic E-state index is 11.8. The zero-order chi connectivity index (χ0) is 17.0. The lowest BCUT2D eigenvalue weighted by molar-refractivity contribution is -0.121. The van der Waals surface area contributed by atoms with Crippen molar-refractivity contribution in [1.82, 2.24) is 15.2 Å². The molecule has 0 atom stereocenters. The summed E-state index contributed by atoms with van der Waals surface area (Å²) in [6, 6.07) is 5.10. The summed E-state index contributed by atoms with van der Waals surface area (Å²) in [7, 11) is 1.47. The lowest BCUT2D eigenvalue weighted by atomic mass is 10.2. The van der Waals surface area contributed by atoms with Crippen LogP contribution in [0.15, 0.2) is 27.8 Å². The van der Waals surface area contributed by atoms with Crippen LogP contribution in [-0.4, -0.2) is 34.1 Å². The maximum atomic E-state index is 11.8. The molecule has 122 valence electrons. The minimum atomic E-state index is -0.288. The molecular weight excluding hydrogens is 364 g/mol. The summed E-state index contributed by atoms with van der Waals surface area (Å²) in [6.07, 6.45) is 1.43. The second kappa shape index (κ2) is 7.28. The van der Waals surface area contributed by atoms with Crippen LogP contribution in [0.4, 0.5) is 0 Å². The largest absolute Gasteiger partial charge is 0.504 e. The van der Waals surface area contributed by atoms with E-state index < -0.39 is 0 Å². The smallest absolute Gasteiger partial charge is 0.261 e. The zero-order valence-electron chi connectivity index (χ0n) is 13.0. The van der Waals surface area contributed by atoms with Crippen molar-refractivity contribution in [2.75, 3.05) is 7.11 Å². The molecule has 8 heteroatoms. The fourth-order valence-electron chi connectivity index (χ4n) is 2.06. The van der Waals surface area contributed by atoms with Gasteiger partial charge in [0.15, 0.2) is 11.5 Å². The molecule has 0 saturated heterocycles. The minimum absolute atomic E-state index is 0.0164. The monoisotopic (exact) mass is 380 g/mol. The van der Waals surface area contributed by atoms with Gasteiger partial charge in [0, 0.05) is 5.69 Å². The number of hydrazone groups is 1. The molecule has 2 N–H and O–H groups in total. The van der Waals surface area contributed by atoms with E-state index in [2.05, 4.69) is 31.6 Å². The number of halogens is 1. The number of phenols is 1. The Balaban J connectivity index is 1.99. The van der Waals surface area contributed by atoms with Gasteiger partial charge in [0.1, 0.15) is 6.54 Å². The highest BCUT2D eigenvalue weighted by atomic mass is 79.9. The van der Waals surface area contributed by atoms with Gasteiger partial charge < -0.3 is 9.84 Å². The molecule has 0 spiro atoms. The standard InChI is InChI=1S/C15H17BrN4O3/c1-9-4-10(2)20(19-9)8-14(22)18-17-7-11-5-12(16)15(23-3)13(21)6-11/h4-7,21H,8H2,1-3H3,(H,18,22)/b17-7+. The Labute approximate surface area is 142 Å². The number of benzene rings is 1. The number of aryl methyl sites for hydroxylation is 2. The van der Waals surface area contributed by atoms with Gasteiger partial charge in [-0.2, -0.15) is 10.2 Å². The predicted molar refractivity (Wildman–Crippen MR) is 89.8 cm³/mol. The molecule has 7 nitrogen and oxygen atoms in total. The van der Waals surface area contributed by atoms with Gasteiger partial charge in [-0.3, -0.25) is 9.48 Å². The molecule has 2 rings (SSSR count). The number of nitrogens with zero attached hydrogens (tertiary/aromatic N) is 3. The van der Waals surface area contributed by atoms with E-state index in [0.29, 0.717) is 15.8 Å². The normalized spacial score (nSPS) is 11.0. The second-order valence-corrected chi connectivity index (χ2v) is 5.79. The number of amides is 1. The number of phenolic OH excluding ortho intramolecular Hbond substituents is 1. The van der Waals surface area contributed by atoms with Gasteiger partial charge in [-0.1, -0.05) is 0 Å². The van der Waals surface area contributed by atoms with Crippen molar-refractivity contribution in [2.24, 2.45) is 5.10 Å². The van der Waals surface area contributed by atoms with Crippen LogP contribution in [0.5, 0.6) is 11.5 Å². The van der Waals surface area contributed by atoms with E-state index in [1.54, 1.807) is 10.7 Å². The van der Waals surface area contributed by atoms with E-state index in [0.717, 1.165) is 11.4 Å². The number of hydrogen-bond acceptors (Lipinski definition) is 5. The number of carbonyl (C=O) groups is 1. The highest BCUT2D eigenvalue weighted by Crippen LogP contribution is 2.34. The lowest BCUT2D eigenvalue weighted by Crippen LogP contribution is -2.24. The number of rotatable bonds is 5. The first-order valence-corrected chi connectivity index (χ1v) is 7.59. The summed E-state index contributed by atoms with van der Waals surface area (Å²) in [6.45, 7) is 3.84. The van der Waals surface area contributed by atoms with Crippen LogP contribution < -0.4 is 10.2 Å². The van der Waals surface area contributed by atoms with Crippen LogP contribution in [0, 0.1) is 13.8 Å². The molecule has 1 aromatic heterocycles. The Morgan fingerprint density at radius 3 is 2.78 bits per heavy atom. The first-order chi connectivity index (χ1) is 10.9. The van der Waals surface area contributed by atoms with Crippen molar-refractivity contribution >= 4 is 28.1 Å². The number of nitrogens with one attached hydrogen (secondary N) is 1. The molecule has 0 radical (unpaired) electrons. The van der Waals surface area contributed by atoms with Crippen LogP contribution in [0.1, 0.15) is 17.0 Å². The van der Waals surface area contributed by atoms with Crippen LogP contribution in [0.3, 0.4) is 0 Å². The molecule has 23 heavy (non-hydrogen) atoms. The number of carbonyl (C=O) groups excluding carboxylic acids is 1. The molecule has 1 heterocycles. The molecule has 2 aromatic rings. The molecule has 0 saturated carbocycles. The van der Waals surface area contributed by atoms with Crippen molar-refractivity contribution in [3.63, 3.8) is 0 Å². The van der Waals surface area contributed by atoms with Gasteiger partial charge in [0.2, 0.25) is 0 Å². The maximum Gasteiger partial charge on any atom is 0.261 e. The van der Waals surface area contributed by atoms with Gasteiger partial charge >= 0.3 is 0 Å². The van der Waals surface area contributed by atoms with E-state index in [9.17, 15) is 9.90 Å². The van der Waals surface area contributed by atoms with E-state index in [-0.39, 0.29) is 18.2 Å². The fraction of sp³-hybridized carbons (Fsp3) is 0.267. The SMILES string of the molecule is COc1c(O)cc(/C=N/NC(=O)Cn2nc(C)cc2C)cc1Br. The van der Waals surface area contributed by atoms with E-state index in [1.807, 2.05) is 19.9 Å². The van der Waals surface area contributed by atoms with Crippen LogP contribution in [-0.2, 0) is 11.3 Å². The fourth-order valence-corrected chi connectivity index (χ4v) is 2.69. The Bertz CT molecular complexity index is 732. The third kappa shape index (κ3) is 4.32. The van der Waals surface area contributed by atoms with Crippen molar-refractivity contribution in [2.45, 2.75) is 20.4 Å². The highest BCUT2D eigenvalue weighted by Gasteiger charge is 2.08. The Morgan fingerprint density at radius 2 is 2.22 bits per heavy atom. The van der Waals surface area contributed by atoms with Gasteiger partial charge in [0.05, 0.1) is 23.5 Å². The minimum Gasteiger partial charge on any atom is -0.504 e. The molecule has 0 aliphatic carbocycles. The quantitative estimate of drug-likeness (QED) is 0.614. The number of aromatic hydroxyl groups is 1. The molecule has 0 aliphatic heterocycles. The Morgan fingerprint density at radius 1 is 1.48 bits per heavy atom. The number of methoxy groups -OCH3 is 1. The van der Waals surface area contributed by atoms with Crippen molar-refractivity contribution in [1.29, 1.82) is 0 Å². The summed E-state index contributed by atoms with van der Waals surface area (Å²) in [5.41, 5.74) is 4.80. The second-order valence-electron chi connectivity index (χ2n) is 4.93. The lowest BCUT2D eigenvalue weighted by Gasteiger charge is -2.06. The van der Waals surface area contributed by atoms with E-state index in [1.165, 1.54) is 19.4 Å². The van der Waals surface area contributed by atoms with Gasteiger partial charge in [-0.25, -0.2) is 5.43 Å². The molecule has 0 unspecified atom stereocenters. The van der Waals surface area contributed by atoms with Gasteiger partial charge in [0.25, 0.3) is 5.91 Å². The Hall–Kier alpha value is -2.35. The summed E-state index contributed by atoms with van der Waals surface area (Å²) in [5, 5.41) is 17.9. The highest BCUT2D eigenvalue weighted by molar-refractivity contribution is 9.10. The van der Waals surface area contributed by atoms with Gasteiger partial charge in [-0.05, 0) is 53.5 Å². The molecule has 0 fully saturated rings. The average Bonchev–Trinajstić information content (AvgIpc) is 2.76. The van der Waals surface area contributed by atoms with Crippen molar-refractivity contribution < 1.29 is 14.6 Å². The van der Waals surface area contributed by atoms with Crippen LogP contribution in [0.2, 0.25) is 0 Å². The van der Waals surface area contributed by atoms with Crippen molar-refractivity contribution in [3.8, 4) is 11.5 Å².